The number of benzene rings is 1. The van der Waals surface area contributed by atoms with E-state index in [0.29, 0.717) is 5.56 Å². The maximum atomic E-state index is 13.7. The zero-order valence-electron chi connectivity index (χ0n) is 7.88. The first-order valence-corrected chi connectivity index (χ1v) is 5.36. The van der Waals surface area contributed by atoms with Crippen molar-refractivity contribution in [1.82, 2.24) is 0 Å². The summed E-state index contributed by atoms with van der Waals surface area (Å²) < 4.78 is 13.7. The summed E-state index contributed by atoms with van der Waals surface area (Å²) in [4.78, 5) is 1.14. The van der Waals surface area contributed by atoms with Crippen molar-refractivity contribution in [3.05, 3.63) is 29.8 Å². The monoisotopic (exact) mass is 199 g/mol. The maximum absolute atomic E-state index is 13.7. The molecule has 1 unspecified atom stereocenters. The molecule has 1 nitrogen and oxygen atoms in total. The van der Waals surface area contributed by atoms with Gasteiger partial charge >= 0.3 is 0 Å². The molecule has 0 aliphatic rings. The Hall–Kier alpha value is -0.540. The average Bonchev–Trinajstić information content (AvgIpc) is 2.18. The fourth-order valence-corrected chi connectivity index (χ4v) is 1.46. The molecule has 0 heterocycles. The minimum Gasteiger partial charge on any atom is -0.327 e. The molecule has 2 N–H and O–H groups in total. The Labute approximate surface area is 82.5 Å². The van der Waals surface area contributed by atoms with Crippen LogP contribution in [0.3, 0.4) is 0 Å². The van der Waals surface area contributed by atoms with Gasteiger partial charge in [-0.25, -0.2) is 4.39 Å². The van der Waals surface area contributed by atoms with Crippen LogP contribution in [0.15, 0.2) is 29.2 Å². The number of thioether (sulfide) groups is 1. The van der Waals surface area contributed by atoms with Crippen LogP contribution in [-0.4, -0.2) is 12.8 Å². The number of halogens is 1. The third-order valence-corrected chi connectivity index (χ3v) is 2.82. The van der Waals surface area contributed by atoms with Gasteiger partial charge in [0.25, 0.3) is 0 Å². The van der Waals surface area contributed by atoms with Gasteiger partial charge in [-0.2, -0.15) is 0 Å². The van der Waals surface area contributed by atoms with Crippen LogP contribution in [0.4, 0.5) is 4.39 Å². The summed E-state index contributed by atoms with van der Waals surface area (Å²) >= 11 is 1.64. The predicted molar refractivity (Wildman–Crippen MR) is 55.7 cm³/mol. The molecule has 0 bridgehead atoms. The Bertz CT molecular complexity index is 269. The van der Waals surface area contributed by atoms with E-state index < -0.39 is 5.67 Å². The zero-order chi connectivity index (χ0) is 9.90. The van der Waals surface area contributed by atoms with Crippen LogP contribution in [0.2, 0.25) is 0 Å². The lowest BCUT2D eigenvalue weighted by atomic mass is 9.98. The third-order valence-electron chi connectivity index (χ3n) is 2.08. The Kier molecular flexibility index (Phi) is 3.33. The van der Waals surface area contributed by atoms with Crippen molar-refractivity contribution in [1.29, 1.82) is 0 Å². The van der Waals surface area contributed by atoms with Crippen molar-refractivity contribution in [3.63, 3.8) is 0 Å². The van der Waals surface area contributed by atoms with Crippen molar-refractivity contribution in [2.45, 2.75) is 17.5 Å². The Morgan fingerprint density at radius 1 is 1.38 bits per heavy atom. The van der Waals surface area contributed by atoms with Crippen LogP contribution < -0.4 is 5.73 Å². The van der Waals surface area contributed by atoms with Crippen LogP contribution in [0.25, 0.3) is 0 Å². The highest BCUT2D eigenvalue weighted by Crippen LogP contribution is 2.25. The summed E-state index contributed by atoms with van der Waals surface area (Å²) in [6, 6.07) is 7.40. The molecule has 0 radical (unpaired) electrons. The highest BCUT2D eigenvalue weighted by molar-refractivity contribution is 7.98. The molecule has 0 aromatic heterocycles. The fourth-order valence-electron chi connectivity index (χ4n) is 1.06. The van der Waals surface area contributed by atoms with Gasteiger partial charge in [0.2, 0.25) is 0 Å². The first kappa shape index (κ1) is 10.5. The molecule has 0 aliphatic carbocycles. The molecule has 1 aromatic rings. The van der Waals surface area contributed by atoms with Crippen LogP contribution >= 0.6 is 11.8 Å². The number of hydrogen-bond acceptors (Lipinski definition) is 2. The Morgan fingerprint density at radius 2 is 1.92 bits per heavy atom. The molecule has 3 heteroatoms. The summed E-state index contributed by atoms with van der Waals surface area (Å²) in [6.07, 6.45) is 1.99. The van der Waals surface area contributed by atoms with E-state index in [1.807, 2.05) is 18.4 Å². The standard InChI is InChI=1S/C10H14FNS/c1-10(11,7-12)8-3-5-9(13-2)6-4-8/h3-6H,7,12H2,1-2H3. The Balaban J connectivity index is 2.92. The maximum Gasteiger partial charge on any atom is 0.145 e. The first-order chi connectivity index (χ1) is 6.10. The number of alkyl halides is 1. The lowest BCUT2D eigenvalue weighted by molar-refractivity contribution is 0.203. The molecule has 13 heavy (non-hydrogen) atoms. The largest absolute Gasteiger partial charge is 0.327 e. The highest BCUT2D eigenvalue weighted by Gasteiger charge is 2.23. The van der Waals surface area contributed by atoms with Gasteiger partial charge < -0.3 is 5.73 Å². The van der Waals surface area contributed by atoms with Gasteiger partial charge in [0.15, 0.2) is 0 Å². The predicted octanol–water partition coefficient (Wildman–Crippen LogP) is 2.55. The van der Waals surface area contributed by atoms with Gasteiger partial charge in [-0.3, -0.25) is 0 Å². The molecule has 72 valence electrons. The second-order valence-corrected chi connectivity index (χ2v) is 4.01. The molecule has 0 aliphatic heterocycles. The van der Waals surface area contributed by atoms with Crippen LogP contribution in [0, 0.1) is 0 Å². The third kappa shape index (κ3) is 2.45. The van der Waals surface area contributed by atoms with Gasteiger partial charge in [-0.05, 0) is 30.9 Å². The van der Waals surface area contributed by atoms with E-state index in [1.54, 1.807) is 23.9 Å². The summed E-state index contributed by atoms with van der Waals surface area (Å²) in [5.41, 5.74) is 4.57. The van der Waals surface area contributed by atoms with E-state index in [9.17, 15) is 4.39 Å². The average molecular weight is 199 g/mol. The van der Waals surface area contributed by atoms with Gasteiger partial charge in [0.1, 0.15) is 5.67 Å². The van der Waals surface area contributed by atoms with Crippen molar-refractivity contribution < 1.29 is 4.39 Å². The zero-order valence-corrected chi connectivity index (χ0v) is 8.70. The van der Waals surface area contributed by atoms with Gasteiger partial charge in [-0.1, -0.05) is 12.1 Å². The van der Waals surface area contributed by atoms with E-state index >= 15 is 0 Å². The molecule has 0 saturated carbocycles. The quantitative estimate of drug-likeness (QED) is 0.757. The number of rotatable bonds is 3. The van der Waals surface area contributed by atoms with Gasteiger partial charge in [0, 0.05) is 11.4 Å². The lowest BCUT2D eigenvalue weighted by Crippen LogP contribution is -2.26. The molecule has 1 rings (SSSR count). The number of nitrogens with two attached hydrogens (primary N) is 1. The van der Waals surface area contributed by atoms with Crippen LogP contribution in [0.5, 0.6) is 0 Å². The fraction of sp³-hybridized carbons (Fsp3) is 0.400. The lowest BCUT2D eigenvalue weighted by Gasteiger charge is -2.18. The molecular formula is C10H14FNS. The van der Waals surface area contributed by atoms with Gasteiger partial charge in [0.05, 0.1) is 0 Å². The SMILES string of the molecule is CSc1ccc(C(C)(F)CN)cc1. The molecular weight excluding hydrogens is 185 g/mol. The molecule has 0 fully saturated rings. The van der Waals surface area contributed by atoms with Crippen molar-refractivity contribution >= 4 is 11.8 Å². The topological polar surface area (TPSA) is 26.0 Å². The minimum absolute atomic E-state index is 0.0195. The van der Waals surface area contributed by atoms with E-state index in [2.05, 4.69) is 0 Å². The molecule has 1 aromatic carbocycles. The minimum atomic E-state index is -1.41. The molecule has 1 atom stereocenters. The summed E-state index contributed by atoms with van der Waals surface area (Å²) in [7, 11) is 0. The van der Waals surface area contributed by atoms with Crippen LogP contribution in [-0.2, 0) is 5.67 Å². The normalized spacial score (nSPS) is 15.4. The Morgan fingerprint density at radius 3 is 2.31 bits per heavy atom. The highest BCUT2D eigenvalue weighted by atomic mass is 32.2. The molecule has 0 amide bonds. The number of hydrogen-bond donors (Lipinski definition) is 1. The summed E-state index contributed by atoms with van der Waals surface area (Å²) in [6.45, 7) is 1.52. The molecule has 0 saturated heterocycles. The van der Waals surface area contributed by atoms with Crippen LogP contribution in [0.1, 0.15) is 12.5 Å². The van der Waals surface area contributed by atoms with Crippen molar-refractivity contribution in [2.75, 3.05) is 12.8 Å². The second-order valence-electron chi connectivity index (χ2n) is 3.13. The van der Waals surface area contributed by atoms with E-state index in [4.69, 9.17) is 5.73 Å². The smallest absolute Gasteiger partial charge is 0.145 e. The molecule has 0 spiro atoms. The van der Waals surface area contributed by atoms with Crippen molar-refractivity contribution in [3.8, 4) is 0 Å². The first-order valence-electron chi connectivity index (χ1n) is 4.13. The van der Waals surface area contributed by atoms with E-state index in [-0.39, 0.29) is 6.54 Å². The second kappa shape index (κ2) is 4.11. The summed E-state index contributed by atoms with van der Waals surface area (Å²) in [5.74, 6) is 0. The van der Waals surface area contributed by atoms with E-state index in [1.165, 1.54) is 6.92 Å². The van der Waals surface area contributed by atoms with E-state index in [0.717, 1.165) is 4.90 Å². The van der Waals surface area contributed by atoms with Gasteiger partial charge in [-0.15, -0.1) is 11.8 Å². The van der Waals surface area contributed by atoms with Crippen molar-refractivity contribution in [2.24, 2.45) is 5.73 Å². The summed E-state index contributed by atoms with van der Waals surface area (Å²) in [5, 5.41) is 0.